The molecule has 0 spiro atoms. The van der Waals surface area contributed by atoms with Gasteiger partial charge < -0.3 is 9.72 Å². The van der Waals surface area contributed by atoms with Gasteiger partial charge in [-0.05, 0) is 60.0 Å². The monoisotopic (exact) mass is 387 g/mol. The Morgan fingerprint density at radius 1 is 0.889 bits per heavy atom. The third-order valence-electron chi connectivity index (χ3n) is 4.50. The summed E-state index contributed by atoms with van der Waals surface area (Å²) in [6.45, 7) is 0.622. The summed E-state index contributed by atoms with van der Waals surface area (Å²) in [4.78, 5) is 7.25. The highest BCUT2D eigenvalue weighted by molar-refractivity contribution is 7.16. The van der Waals surface area contributed by atoms with Gasteiger partial charge in [0, 0.05) is 26.6 Å². The highest BCUT2D eigenvalue weighted by Crippen LogP contribution is 2.36. The highest BCUT2D eigenvalue weighted by Gasteiger charge is 2.14. The van der Waals surface area contributed by atoms with E-state index in [1.54, 1.807) is 22.7 Å². The summed E-state index contributed by atoms with van der Waals surface area (Å²) >= 11 is 3.54. The fraction of sp³-hybridized carbons (Fsp3) is 0.0435. The van der Waals surface area contributed by atoms with Crippen LogP contribution in [0.3, 0.4) is 0 Å². The minimum absolute atomic E-state index is 0.622. The number of benzene rings is 1. The molecule has 1 aliphatic rings. The number of para-hydroxylation sites is 1. The van der Waals surface area contributed by atoms with Crippen LogP contribution >= 0.6 is 22.7 Å². The Bertz CT molecular complexity index is 1130. The number of aromatic amines is 1. The molecule has 3 aromatic heterocycles. The summed E-state index contributed by atoms with van der Waals surface area (Å²) in [5.74, 6) is 0.963. The van der Waals surface area contributed by atoms with Crippen LogP contribution in [-0.4, -0.2) is 11.6 Å². The second-order valence-electron chi connectivity index (χ2n) is 6.34. The Morgan fingerprint density at radius 2 is 1.81 bits per heavy atom. The number of hydrogen-bond acceptors (Lipinski definition) is 3. The fourth-order valence-corrected chi connectivity index (χ4v) is 4.73. The lowest BCUT2D eigenvalue weighted by molar-refractivity contribution is 0.366. The first-order chi connectivity index (χ1) is 13.3. The fourth-order valence-electron chi connectivity index (χ4n) is 3.12. The Kier molecular flexibility index (Phi) is 4.28. The van der Waals surface area contributed by atoms with E-state index in [9.17, 15) is 0 Å². The average Bonchev–Trinajstić information content (AvgIpc) is 3.47. The highest BCUT2D eigenvalue weighted by atomic mass is 32.1. The number of nitrogens with one attached hydrogen (secondary N) is 1. The molecule has 0 unspecified atom stereocenters. The number of ether oxygens (including phenoxy) is 1. The van der Waals surface area contributed by atoms with Gasteiger partial charge in [0.2, 0.25) is 0 Å². The Labute approximate surface area is 166 Å². The van der Waals surface area contributed by atoms with Crippen molar-refractivity contribution >= 4 is 46.5 Å². The summed E-state index contributed by atoms with van der Waals surface area (Å²) in [7, 11) is 0. The summed E-state index contributed by atoms with van der Waals surface area (Å²) in [5, 5.41) is 2.09. The van der Waals surface area contributed by atoms with Gasteiger partial charge in [-0.25, -0.2) is 0 Å². The van der Waals surface area contributed by atoms with E-state index in [0.717, 1.165) is 22.7 Å². The van der Waals surface area contributed by atoms with E-state index in [1.807, 2.05) is 18.2 Å². The quantitative estimate of drug-likeness (QED) is 0.404. The van der Waals surface area contributed by atoms with Crippen molar-refractivity contribution in [3.63, 3.8) is 0 Å². The van der Waals surface area contributed by atoms with E-state index in [0.29, 0.717) is 6.61 Å². The standard InChI is InChI=1S/C23H17NOS2/c1-2-6-21-16(4-1)14-17(15-25-21)22-11-12-23(27-22)20-10-8-18(24-20)7-9-19-5-3-13-26-19/h1-14,24H,15H2/b9-7+. The van der Waals surface area contributed by atoms with Crippen LogP contribution in [0.5, 0.6) is 5.75 Å². The number of H-pyrrole nitrogens is 1. The van der Waals surface area contributed by atoms with Crippen LogP contribution < -0.4 is 4.74 Å². The van der Waals surface area contributed by atoms with Crippen LogP contribution in [-0.2, 0) is 0 Å². The number of rotatable bonds is 4. The average molecular weight is 388 g/mol. The number of hydrogen-bond donors (Lipinski definition) is 1. The van der Waals surface area contributed by atoms with E-state index >= 15 is 0 Å². The topological polar surface area (TPSA) is 25.0 Å². The molecule has 4 heteroatoms. The van der Waals surface area contributed by atoms with Crippen molar-refractivity contribution in [3.05, 3.63) is 87.1 Å². The molecular formula is C23H17NOS2. The van der Waals surface area contributed by atoms with Gasteiger partial charge in [0.1, 0.15) is 12.4 Å². The van der Waals surface area contributed by atoms with Crippen molar-refractivity contribution in [2.75, 3.05) is 6.61 Å². The lowest BCUT2D eigenvalue weighted by Crippen LogP contribution is -2.05. The molecule has 5 rings (SSSR count). The minimum Gasteiger partial charge on any atom is -0.488 e. The van der Waals surface area contributed by atoms with Crippen LogP contribution in [0.4, 0.5) is 0 Å². The van der Waals surface area contributed by atoms with E-state index in [-0.39, 0.29) is 0 Å². The molecule has 0 aliphatic carbocycles. The van der Waals surface area contributed by atoms with Crippen molar-refractivity contribution in [1.82, 2.24) is 4.98 Å². The molecule has 27 heavy (non-hydrogen) atoms. The molecule has 2 nitrogen and oxygen atoms in total. The van der Waals surface area contributed by atoms with Crippen molar-refractivity contribution in [2.45, 2.75) is 0 Å². The Balaban J connectivity index is 1.38. The number of thiophene rings is 2. The normalized spacial score (nSPS) is 13.4. The van der Waals surface area contributed by atoms with Crippen molar-refractivity contribution in [2.24, 2.45) is 0 Å². The zero-order valence-corrected chi connectivity index (χ0v) is 16.1. The second-order valence-corrected chi connectivity index (χ2v) is 8.40. The van der Waals surface area contributed by atoms with Crippen LogP contribution in [0.15, 0.2) is 66.0 Å². The van der Waals surface area contributed by atoms with Gasteiger partial charge in [0.05, 0.1) is 10.6 Å². The molecule has 0 saturated heterocycles. The molecule has 0 fully saturated rings. The van der Waals surface area contributed by atoms with Gasteiger partial charge in [0.25, 0.3) is 0 Å². The first kappa shape index (κ1) is 16.4. The molecule has 1 aromatic carbocycles. The molecule has 4 heterocycles. The zero-order valence-electron chi connectivity index (χ0n) is 14.5. The molecule has 0 radical (unpaired) electrons. The van der Waals surface area contributed by atoms with Gasteiger partial charge >= 0.3 is 0 Å². The van der Waals surface area contributed by atoms with Gasteiger partial charge in [-0.3, -0.25) is 0 Å². The maximum Gasteiger partial charge on any atom is 0.127 e. The van der Waals surface area contributed by atoms with Crippen molar-refractivity contribution < 1.29 is 4.74 Å². The van der Waals surface area contributed by atoms with E-state index < -0.39 is 0 Å². The molecule has 4 aromatic rings. The van der Waals surface area contributed by atoms with Gasteiger partial charge in [-0.2, -0.15) is 0 Å². The number of aromatic nitrogens is 1. The predicted molar refractivity (Wildman–Crippen MR) is 117 cm³/mol. The molecule has 1 N–H and O–H groups in total. The molecule has 132 valence electrons. The largest absolute Gasteiger partial charge is 0.488 e. The maximum absolute atomic E-state index is 5.90. The Hall–Kier alpha value is -2.82. The molecule has 0 amide bonds. The van der Waals surface area contributed by atoms with Crippen LogP contribution in [0.25, 0.3) is 34.4 Å². The third-order valence-corrected chi connectivity index (χ3v) is 6.53. The molecule has 1 aliphatic heterocycles. The van der Waals surface area contributed by atoms with Crippen LogP contribution in [0.2, 0.25) is 0 Å². The lowest BCUT2D eigenvalue weighted by Gasteiger charge is -2.16. The molecule has 0 bridgehead atoms. The smallest absolute Gasteiger partial charge is 0.127 e. The van der Waals surface area contributed by atoms with Gasteiger partial charge in [0.15, 0.2) is 0 Å². The molecule has 0 atom stereocenters. The van der Waals surface area contributed by atoms with Gasteiger partial charge in [-0.15, -0.1) is 22.7 Å². The van der Waals surface area contributed by atoms with E-state index in [1.165, 1.54) is 20.2 Å². The maximum atomic E-state index is 5.90. The van der Waals surface area contributed by atoms with E-state index in [4.69, 9.17) is 4.74 Å². The van der Waals surface area contributed by atoms with Gasteiger partial charge in [-0.1, -0.05) is 24.3 Å². The Morgan fingerprint density at radius 3 is 2.74 bits per heavy atom. The molecular weight excluding hydrogens is 370 g/mol. The van der Waals surface area contributed by atoms with Crippen LogP contribution in [0, 0.1) is 0 Å². The first-order valence-electron chi connectivity index (χ1n) is 8.79. The SMILES string of the molecule is C1=C(c2ccc(-c3ccc(/C=C/c4cccs4)[nH]3)s2)COc2ccccc21. The third kappa shape index (κ3) is 3.42. The van der Waals surface area contributed by atoms with E-state index in [2.05, 4.69) is 71.1 Å². The minimum atomic E-state index is 0.622. The second kappa shape index (κ2) is 7.06. The summed E-state index contributed by atoms with van der Waals surface area (Å²) in [6.07, 6.45) is 6.50. The number of fused-ring (bicyclic) bond motifs is 1. The summed E-state index contributed by atoms with van der Waals surface area (Å²) < 4.78 is 5.90. The zero-order chi connectivity index (χ0) is 18.1. The van der Waals surface area contributed by atoms with Crippen LogP contribution in [0.1, 0.15) is 21.0 Å². The lowest BCUT2D eigenvalue weighted by atomic mass is 10.1. The predicted octanol–water partition coefficient (Wildman–Crippen LogP) is 6.91. The first-order valence-corrected chi connectivity index (χ1v) is 10.5. The van der Waals surface area contributed by atoms with Crippen molar-refractivity contribution in [3.8, 4) is 16.3 Å². The summed E-state index contributed by atoms with van der Waals surface area (Å²) in [6, 6.07) is 21.0. The molecule has 0 saturated carbocycles. The summed E-state index contributed by atoms with van der Waals surface area (Å²) in [5.41, 5.74) is 4.64. The van der Waals surface area contributed by atoms with Crippen molar-refractivity contribution in [1.29, 1.82) is 0 Å².